The molecule has 7 nitrogen and oxygen atoms in total. The minimum Gasteiger partial charge on any atom is -0.373 e. The lowest BCUT2D eigenvalue weighted by Crippen LogP contribution is -2.47. The van der Waals surface area contributed by atoms with E-state index in [1.807, 2.05) is 30.9 Å². The summed E-state index contributed by atoms with van der Waals surface area (Å²) in [6.45, 7) is 8.00. The molecule has 1 aliphatic heterocycles. The van der Waals surface area contributed by atoms with Gasteiger partial charge in [-0.3, -0.25) is 4.79 Å². The molecule has 3 rings (SSSR count). The van der Waals surface area contributed by atoms with Gasteiger partial charge in [-0.25, -0.2) is 4.98 Å². The van der Waals surface area contributed by atoms with Gasteiger partial charge in [0.15, 0.2) is 5.65 Å². The van der Waals surface area contributed by atoms with Gasteiger partial charge < -0.3 is 15.0 Å². The number of hydrogen-bond acceptors (Lipinski definition) is 5. The second-order valence-electron chi connectivity index (χ2n) is 5.68. The van der Waals surface area contributed by atoms with E-state index < -0.39 is 0 Å². The Kier molecular flexibility index (Phi) is 3.98. The molecule has 1 N–H and O–H groups in total. The van der Waals surface area contributed by atoms with Crippen LogP contribution in [-0.2, 0) is 9.53 Å². The van der Waals surface area contributed by atoms with Gasteiger partial charge in [-0.1, -0.05) is 0 Å². The summed E-state index contributed by atoms with van der Waals surface area (Å²) in [7, 11) is 0. The van der Waals surface area contributed by atoms with Crippen LogP contribution < -0.4 is 5.32 Å². The Morgan fingerprint density at radius 2 is 2.23 bits per heavy atom. The third kappa shape index (κ3) is 3.04. The molecule has 1 unspecified atom stereocenters. The molecule has 0 saturated carbocycles. The molecule has 0 aromatic carbocycles. The van der Waals surface area contributed by atoms with Crippen LogP contribution in [0.4, 0.5) is 5.82 Å². The maximum absolute atomic E-state index is 11.5. The lowest BCUT2D eigenvalue weighted by Gasteiger charge is -2.32. The number of nitrogens with zero attached hydrogens (tertiary/aromatic N) is 4. The Labute approximate surface area is 129 Å². The fourth-order valence-corrected chi connectivity index (χ4v) is 2.69. The average Bonchev–Trinajstić information content (AvgIpc) is 2.85. The summed E-state index contributed by atoms with van der Waals surface area (Å²) in [4.78, 5) is 17.8. The lowest BCUT2D eigenvalue weighted by molar-refractivity contribution is -0.135. The Morgan fingerprint density at radius 1 is 1.41 bits per heavy atom. The third-order valence-corrected chi connectivity index (χ3v) is 3.77. The van der Waals surface area contributed by atoms with Gasteiger partial charge in [-0.05, 0) is 13.8 Å². The van der Waals surface area contributed by atoms with Gasteiger partial charge in [0.1, 0.15) is 5.82 Å². The fourth-order valence-electron chi connectivity index (χ4n) is 2.69. The number of carbonyl (C=O) groups excluding carboxylic acids is 1. The number of ether oxygens (including phenoxy) is 1. The maximum Gasteiger partial charge on any atom is 0.219 e. The first-order valence-electron chi connectivity index (χ1n) is 7.48. The van der Waals surface area contributed by atoms with Crippen molar-refractivity contribution in [2.24, 2.45) is 0 Å². The largest absolute Gasteiger partial charge is 0.373 e. The molecule has 3 heterocycles. The van der Waals surface area contributed by atoms with Crippen LogP contribution in [0.2, 0.25) is 0 Å². The van der Waals surface area contributed by atoms with Crippen molar-refractivity contribution in [1.82, 2.24) is 19.5 Å². The van der Waals surface area contributed by atoms with Gasteiger partial charge in [0.25, 0.3) is 0 Å². The first-order chi connectivity index (χ1) is 10.5. The van der Waals surface area contributed by atoms with Crippen LogP contribution in [0.3, 0.4) is 0 Å². The molecule has 1 fully saturated rings. The molecule has 22 heavy (non-hydrogen) atoms. The quantitative estimate of drug-likeness (QED) is 0.916. The molecular weight excluding hydrogens is 282 g/mol. The Morgan fingerprint density at radius 3 is 3.00 bits per heavy atom. The van der Waals surface area contributed by atoms with E-state index in [2.05, 4.69) is 15.4 Å². The SMILES string of the molecule is CC(=O)N1CCOC(CNc2cc(C)nc3cc(C)nn23)C1. The van der Waals surface area contributed by atoms with Gasteiger partial charge in [-0.2, -0.15) is 9.61 Å². The third-order valence-electron chi connectivity index (χ3n) is 3.77. The first-order valence-corrected chi connectivity index (χ1v) is 7.48. The van der Waals surface area contributed by atoms with E-state index >= 15 is 0 Å². The van der Waals surface area contributed by atoms with Gasteiger partial charge in [0, 0.05) is 44.4 Å². The lowest BCUT2D eigenvalue weighted by atomic mass is 10.2. The van der Waals surface area contributed by atoms with Crippen LogP contribution in [0.25, 0.3) is 5.65 Å². The molecule has 0 aliphatic carbocycles. The molecule has 0 radical (unpaired) electrons. The molecule has 118 valence electrons. The van der Waals surface area contributed by atoms with E-state index in [1.54, 1.807) is 11.4 Å². The number of anilines is 1. The van der Waals surface area contributed by atoms with Crippen LogP contribution in [0.5, 0.6) is 0 Å². The van der Waals surface area contributed by atoms with Crippen LogP contribution >= 0.6 is 0 Å². The predicted molar refractivity (Wildman–Crippen MR) is 82.9 cm³/mol. The summed E-state index contributed by atoms with van der Waals surface area (Å²) >= 11 is 0. The molecule has 1 saturated heterocycles. The number of fused-ring (bicyclic) bond motifs is 1. The molecule has 2 aromatic rings. The number of aromatic nitrogens is 3. The number of aryl methyl sites for hydroxylation is 2. The van der Waals surface area contributed by atoms with Gasteiger partial charge in [0.2, 0.25) is 5.91 Å². The van der Waals surface area contributed by atoms with Crippen molar-refractivity contribution < 1.29 is 9.53 Å². The predicted octanol–water partition coefficient (Wildman–Crippen LogP) is 1.01. The molecule has 0 bridgehead atoms. The summed E-state index contributed by atoms with van der Waals surface area (Å²) in [5.74, 6) is 0.984. The number of nitrogens with one attached hydrogen (secondary N) is 1. The van der Waals surface area contributed by atoms with Crippen LogP contribution in [0.15, 0.2) is 12.1 Å². The summed E-state index contributed by atoms with van der Waals surface area (Å²) in [6, 6.07) is 3.91. The highest BCUT2D eigenvalue weighted by Gasteiger charge is 2.22. The zero-order valence-electron chi connectivity index (χ0n) is 13.2. The number of amides is 1. The minimum absolute atomic E-state index is 0.0159. The number of rotatable bonds is 3. The van der Waals surface area contributed by atoms with Crippen molar-refractivity contribution in [2.45, 2.75) is 26.9 Å². The summed E-state index contributed by atoms with van der Waals surface area (Å²) < 4.78 is 7.53. The molecule has 1 amide bonds. The van der Waals surface area contributed by atoms with Crippen molar-refractivity contribution in [3.8, 4) is 0 Å². The highest BCUT2D eigenvalue weighted by atomic mass is 16.5. The van der Waals surface area contributed by atoms with Crippen molar-refractivity contribution >= 4 is 17.4 Å². The van der Waals surface area contributed by atoms with Gasteiger partial charge in [0.05, 0.1) is 18.4 Å². The zero-order chi connectivity index (χ0) is 15.7. The maximum atomic E-state index is 11.5. The van der Waals surface area contributed by atoms with E-state index in [4.69, 9.17) is 4.74 Å². The minimum atomic E-state index is -0.0159. The number of morpholine rings is 1. The van der Waals surface area contributed by atoms with E-state index in [0.29, 0.717) is 26.2 Å². The van der Waals surface area contributed by atoms with Crippen molar-refractivity contribution in [3.63, 3.8) is 0 Å². The van der Waals surface area contributed by atoms with Gasteiger partial charge in [-0.15, -0.1) is 0 Å². The Hall–Kier alpha value is -2.15. The van der Waals surface area contributed by atoms with Crippen molar-refractivity contribution in [3.05, 3.63) is 23.5 Å². The first kappa shape index (κ1) is 14.8. The molecule has 2 aromatic heterocycles. The summed E-state index contributed by atoms with van der Waals surface area (Å²) in [5, 5.41) is 7.82. The van der Waals surface area contributed by atoms with E-state index in [9.17, 15) is 4.79 Å². The zero-order valence-corrected chi connectivity index (χ0v) is 13.2. The standard InChI is InChI=1S/C15H21N5O2/c1-10-6-14(20-15(17-10)7-11(2)18-20)16-8-13-9-19(12(3)21)4-5-22-13/h6-7,13,16H,4-5,8-9H2,1-3H3. The normalized spacial score (nSPS) is 18.7. The monoisotopic (exact) mass is 303 g/mol. The van der Waals surface area contributed by atoms with Crippen LogP contribution in [-0.4, -0.2) is 57.8 Å². The van der Waals surface area contributed by atoms with Crippen molar-refractivity contribution in [1.29, 1.82) is 0 Å². The van der Waals surface area contributed by atoms with Crippen molar-refractivity contribution in [2.75, 3.05) is 31.6 Å². The number of hydrogen-bond donors (Lipinski definition) is 1. The molecule has 1 aliphatic rings. The molecule has 1 atom stereocenters. The Bertz CT molecular complexity index is 697. The molecule has 0 spiro atoms. The summed E-state index contributed by atoms with van der Waals surface area (Å²) in [5.41, 5.74) is 2.69. The average molecular weight is 303 g/mol. The van der Waals surface area contributed by atoms with Gasteiger partial charge >= 0.3 is 0 Å². The van der Waals surface area contributed by atoms with Crippen LogP contribution in [0, 0.1) is 13.8 Å². The second kappa shape index (κ2) is 5.92. The fraction of sp³-hybridized carbons (Fsp3) is 0.533. The highest BCUT2D eigenvalue weighted by Crippen LogP contribution is 2.14. The van der Waals surface area contributed by atoms with E-state index in [0.717, 1.165) is 22.9 Å². The topological polar surface area (TPSA) is 71.8 Å². The second-order valence-corrected chi connectivity index (χ2v) is 5.68. The Balaban J connectivity index is 1.72. The molecular formula is C15H21N5O2. The highest BCUT2D eigenvalue weighted by molar-refractivity contribution is 5.73. The smallest absolute Gasteiger partial charge is 0.219 e. The molecule has 7 heteroatoms. The number of carbonyl (C=O) groups is 1. The summed E-state index contributed by atoms with van der Waals surface area (Å²) in [6.07, 6.45) is -0.0159. The van der Waals surface area contributed by atoms with E-state index in [-0.39, 0.29) is 12.0 Å². The van der Waals surface area contributed by atoms with E-state index in [1.165, 1.54) is 0 Å². The van der Waals surface area contributed by atoms with Crippen LogP contribution in [0.1, 0.15) is 18.3 Å².